The first-order valence-corrected chi connectivity index (χ1v) is 5.54. The molecule has 1 aliphatic heterocycles. The van der Waals surface area contributed by atoms with Gasteiger partial charge in [-0.05, 0) is 24.6 Å². The van der Waals surface area contributed by atoms with Gasteiger partial charge in [0.1, 0.15) is 11.6 Å². The van der Waals surface area contributed by atoms with Crippen molar-refractivity contribution in [2.75, 3.05) is 18.4 Å². The SMILES string of the molecule is CC1CNCC1C(=O)Nc1cc(F)cc(F)c1. The Morgan fingerprint density at radius 1 is 1.29 bits per heavy atom. The van der Waals surface area contributed by atoms with Gasteiger partial charge in [-0.1, -0.05) is 6.92 Å². The fourth-order valence-electron chi connectivity index (χ4n) is 2.02. The van der Waals surface area contributed by atoms with Crippen LogP contribution in [0, 0.1) is 23.5 Å². The second-order valence-corrected chi connectivity index (χ2v) is 4.39. The molecule has 1 aliphatic rings. The minimum absolute atomic E-state index is 0.152. The molecule has 0 saturated carbocycles. The lowest BCUT2D eigenvalue weighted by molar-refractivity contribution is -0.120. The van der Waals surface area contributed by atoms with Crippen LogP contribution < -0.4 is 10.6 Å². The van der Waals surface area contributed by atoms with Gasteiger partial charge in [-0.2, -0.15) is 0 Å². The van der Waals surface area contributed by atoms with E-state index in [1.165, 1.54) is 0 Å². The first-order valence-electron chi connectivity index (χ1n) is 5.54. The number of carbonyl (C=O) groups is 1. The summed E-state index contributed by atoms with van der Waals surface area (Å²) in [6.45, 7) is 3.36. The van der Waals surface area contributed by atoms with Gasteiger partial charge in [0.05, 0.1) is 5.92 Å². The lowest BCUT2D eigenvalue weighted by Crippen LogP contribution is -2.27. The van der Waals surface area contributed by atoms with Crippen molar-refractivity contribution in [2.24, 2.45) is 11.8 Å². The smallest absolute Gasteiger partial charge is 0.229 e. The van der Waals surface area contributed by atoms with Crippen LogP contribution in [0.5, 0.6) is 0 Å². The third-order valence-corrected chi connectivity index (χ3v) is 2.98. The zero-order valence-corrected chi connectivity index (χ0v) is 9.47. The van der Waals surface area contributed by atoms with E-state index in [-0.39, 0.29) is 23.4 Å². The van der Waals surface area contributed by atoms with Crippen LogP contribution in [0.3, 0.4) is 0 Å². The van der Waals surface area contributed by atoms with E-state index in [9.17, 15) is 13.6 Å². The molecule has 1 fully saturated rings. The molecule has 1 amide bonds. The highest BCUT2D eigenvalue weighted by molar-refractivity contribution is 5.93. The van der Waals surface area contributed by atoms with Gasteiger partial charge in [-0.3, -0.25) is 4.79 Å². The summed E-state index contributed by atoms with van der Waals surface area (Å²) in [5, 5.41) is 5.64. The van der Waals surface area contributed by atoms with E-state index in [0.717, 1.165) is 24.7 Å². The molecule has 3 nitrogen and oxygen atoms in total. The Bertz CT molecular complexity index is 416. The Hall–Kier alpha value is -1.49. The second-order valence-electron chi connectivity index (χ2n) is 4.39. The van der Waals surface area contributed by atoms with Crippen molar-refractivity contribution in [2.45, 2.75) is 6.92 Å². The predicted octanol–water partition coefficient (Wildman–Crippen LogP) is 1.76. The molecule has 0 aliphatic carbocycles. The summed E-state index contributed by atoms with van der Waals surface area (Å²) >= 11 is 0. The standard InChI is InChI=1S/C12H14F2N2O/c1-7-5-15-6-11(7)12(17)16-10-3-8(13)2-9(14)4-10/h2-4,7,11,15H,5-6H2,1H3,(H,16,17). The molecule has 1 aromatic carbocycles. The molecule has 2 atom stereocenters. The van der Waals surface area contributed by atoms with Crippen molar-refractivity contribution in [1.29, 1.82) is 0 Å². The third-order valence-electron chi connectivity index (χ3n) is 2.98. The molecule has 0 spiro atoms. The summed E-state index contributed by atoms with van der Waals surface area (Å²) < 4.78 is 25.9. The molecule has 92 valence electrons. The number of carbonyl (C=O) groups excluding carboxylic acids is 1. The number of nitrogens with one attached hydrogen (secondary N) is 2. The van der Waals surface area contributed by atoms with Gasteiger partial charge in [-0.25, -0.2) is 8.78 Å². The molecule has 2 N–H and O–H groups in total. The number of rotatable bonds is 2. The van der Waals surface area contributed by atoms with Crippen LogP contribution in [0.1, 0.15) is 6.92 Å². The number of halogens is 2. The van der Waals surface area contributed by atoms with E-state index in [4.69, 9.17) is 0 Å². The lowest BCUT2D eigenvalue weighted by atomic mass is 9.97. The molecular weight excluding hydrogens is 226 g/mol. The highest BCUT2D eigenvalue weighted by Crippen LogP contribution is 2.19. The van der Waals surface area contributed by atoms with Gasteiger partial charge < -0.3 is 10.6 Å². The molecule has 2 rings (SSSR count). The Morgan fingerprint density at radius 3 is 2.47 bits per heavy atom. The largest absolute Gasteiger partial charge is 0.326 e. The van der Waals surface area contributed by atoms with Gasteiger partial charge in [-0.15, -0.1) is 0 Å². The summed E-state index contributed by atoms with van der Waals surface area (Å²) in [6.07, 6.45) is 0. The van der Waals surface area contributed by atoms with Gasteiger partial charge in [0.2, 0.25) is 5.91 Å². The lowest BCUT2D eigenvalue weighted by Gasteiger charge is -2.14. The fraction of sp³-hybridized carbons (Fsp3) is 0.417. The van der Waals surface area contributed by atoms with Crippen molar-refractivity contribution in [3.8, 4) is 0 Å². The van der Waals surface area contributed by atoms with Crippen LogP contribution in [-0.2, 0) is 4.79 Å². The first-order chi connectivity index (χ1) is 8.06. The van der Waals surface area contributed by atoms with E-state index >= 15 is 0 Å². The molecule has 1 saturated heterocycles. The van der Waals surface area contributed by atoms with E-state index < -0.39 is 11.6 Å². The molecule has 0 aromatic heterocycles. The Labute approximate surface area is 98.2 Å². The number of benzene rings is 1. The number of amides is 1. The maximum atomic E-state index is 12.9. The van der Waals surface area contributed by atoms with Crippen LogP contribution >= 0.6 is 0 Å². The van der Waals surface area contributed by atoms with Gasteiger partial charge in [0.25, 0.3) is 0 Å². The monoisotopic (exact) mass is 240 g/mol. The molecule has 5 heteroatoms. The Kier molecular flexibility index (Phi) is 3.38. The second kappa shape index (κ2) is 4.79. The van der Waals surface area contributed by atoms with Gasteiger partial charge >= 0.3 is 0 Å². The molecule has 17 heavy (non-hydrogen) atoms. The van der Waals surface area contributed by atoms with Crippen molar-refractivity contribution in [1.82, 2.24) is 5.32 Å². The summed E-state index contributed by atoms with van der Waals surface area (Å²) in [5.41, 5.74) is 0.159. The quantitative estimate of drug-likeness (QED) is 0.827. The maximum absolute atomic E-state index is 12.9. The molecule has 0 bridgehead atoms. The predicted molar refractivity (Wildman–Crippen MR) is 60.5 cm³/mol. The number of hydrogen-bond acceptors (Lipinski definition) is 2. The van der Waals surface area contributed by atoms with Crippen molar-refractivity contribution in [3.05, 3.63) is 29.8 Å². The van der Waals surface area contributed by atoms with Crippen LogP contribution in [0.4, 0.5) is 14.5 Å². The van der Waals surface area contributed by atoms with Crippen molar-refractivity contribution in [3.63, 3.8) is 0 Å². The normalized spacial score (nSPS) is 23.7. The van der Waals surface area contributed by atoms with Crippen LogP contribution in [0.25, 0.3) is 0 Å². The highest BCUT2D eigenvalue weighted by atomic mass is 19.1. The van der Waals surface area contributed by atoms with Crippen LogP contribution in [-0.4, -0.2) is 19.0 Å². The average molecular weight is 240 g/mol. The molecule has 1 heterocycles. The van der Waals surface area contributed by atoms with E-state index in [1.807, 2.05) is 6.92 Å². The Balaban J connectivity index is 2.07. The van der Waals surface area contributed by atoms with Gasteiger partial charge in [0.15, 0.2) is 0 Å². The highest BCUT2D eigenvalue weighted by Gasteiger charge is 2.29. The van der Waals surface area contributed by atoms with E-state index in [0.29, 0.717) is 6.54 Å². The van der Waals surface area contributed by atoms with Crippen molar-refractivity contribution < 1.29 is 13.6 Å². The summed E-state index contributed by atoms with van der Waals surface area (Å²) in [7, 11) is 0. The van der Waals surface area contributed by atoms with E-state index in [2.05, 4.69) is 10.6 Å². The molecule has 2 unspecified atom stereocenters. The first kappa shape index (κ1) is 12.0. The average Bonchev–Trinajstić information content (AvgIpc) is 2.62. The van der Waals surface area contributed by atoms with Crippen LogP contribution in [0.15, 0.2) is 18.2 Å². The third kappa shape index (κ3) is 2.79. The summed E-state index contributed by atoms with van der Waals surface area (Å²) in [4.78, 5) is 11.9. The maximum Gasteiger partial charge on any atom is 0.229 e. The minimum atomic E-state index is -0.696. The molecule has 1 aromatic rings. The summed E-state index contributed by atoms with van der Waals surface area (Å²) in [6, 6.07) is 2.98. The van der Waals surface area contributed by atoms with Crippen molar-refractivity contribution >= 4 is 11.6 Å². The number of anilines is 1. The van der Waals surface area contributed by atoms with Gasteiger partial charge in [0, 0.05) is 18.3 Å². The topological polar surface area (TPSA) is 41.1 Å². The minimum Gasteiger partial charge on any atom is -0.326 e. The summed E-state index contributed by atoms with van der Waals surface area (Å²) in [5.74, 6) is -1.52. The zero-order valence-electron chi connectivity index (χ0n) is 9.47. The molecule has 0 radical (unpaired) electrons. The fourth-order valence-corrected chi connectivity index (χ4v) is 2.02. The molecular formula is C12H14F2N2O. The Morgan fingerprint density at radius 2 is 1.94 bits per heavy atom. The zero-order chi connectivity index (χ0) is 12.4. The van der Waals surface area contributed by atoms with Crippen LogP contribution in [0.2, 0.25) is 0 Å². The number of hydrogen-bond donors (Lipinski definition) is 2. The van der Waals surface area contributed by atoms with E-state index in [1.54, 1.807) is 0 Å².